The predicted molar refractivity (Wildman–Crippen MR) is 69.1 cm³/mol. The molecule has 0 unspecified atom stereocenters. The zero-order chi connectivity index (χ0) is 13.1. The van der Waals surface area contributed by atoms with Crippen molar-refractivity contribution in [2.75, 3.05) is 38.7 Å². The molecule has 5 nitrogen and oxygen atoms in total. The highest BCUT2D eigenvalue weighted by atomic mass is 16.5. The van der Waals surface area contributed by atoms with Crippen LogP contribution in [0.5, 0.6) is 11.5 Å². The molecule has 0 atom stereocenters. The summed E-state index contributed by atoms with van der Waals surface area (Å²) in [5, 5.41) is 9.50. The van der Waals surface area contributed by atoms with E-state index in [4.69, 9.17) is 4.74 Å². The van der Waals surface area contributed by atoms with Crippen LogP contribution in [0.25, 0.3) is 0 Å². The maximum atomic E-state index is 11.8. The summed E-state index contributed by atoms with van der Waals surface area (Å²) in [4.78, 5) is 15.6. The number of rotatable bonds is 4. The SMILES string of the molecule is CN(C)CCCN1C(=O)COc2ccc(O)cc21. The van der Waals surface area contributed by atoms with E-state index in [0.717, 1.165) is 13.0 Å². The number of hydrogen-bond acceptors (Lipinski definition) is 4. The molecule has 1 aromatic rings. The first-order chi connectivity index (χ1) is 8.58. The molecule has 1 heterocycles. The predicted octanol–water partition coefficient (Wildman–Crippen LogP) is 1.07. The summed E-state index contributed by atoms with van der Waals surface area (Å²) in [6.45, 7) is 1.62. The fraction of sp³-hybridized carbons (Fsp3) is 0.462. The summed E-state index contributed by atoms with van der Waals surface area (Å²) >= 11 is 0. The molecule has 0 saturated heterocycles. The van der Waals surface area contributed by atoms with E-state index < -0.39 is 0 Å². The van der Waals surface area contributed by atoms with Crippen LogP contribution in [0, 0.1) is 0 Å². The van der Waals surface area contributed by atoms with E-state index in [1.54, 1.807) is 23.1 Å². The van der Waals surface area contributed by atoms with Crippen LogP contribution in [0.15, 0.2) is 18.2 Å². The second kappa shape index (κ2) is 5.27. The Morgan fingerprint density at radius 3 is 2.94 bits per heavy atom. The molecule has 1 N–H and O–H groups in total. The van der Waals surface area contributed by atoms with Gasteiger partial charge < -0.3 is 19.6 Å². The smallest absolute Gasteiger partial charge is 0.265 e. The van der Waals surface area contributed by atoms with Gasteiger partial charge in [0.1, 0.15) is 11.5 Å². The first-order valence-corrected chi connectivity index (χ1v) is 5.99. The number of ether oxygens (including phenoxy) is 1. The van der Waals surface area contributed by atoms with Crippen molar-refractivity contribution >= 4 is 11.6 Å². The minimum atomic E-state index is -0.0631. The van der Waals surface area contributed by atoms with Crippen molar-refractivity contribution in [1.82, 2.24) is 4.90 Å². The lowest BCUT2D eigenvalue weighted by molar-refractivity contribution is -0.121. The molecule has 0 spiro atoms. The highest BCUT2D eigenvalue weighted by Gasteiger charge is 2.25. The average molecular weight is 250 g/mol. The van der Waals surface area contributed by atoms with Crippen LogP contribution in [0.3, 0.4) is 0 Å². The third-order valence-corrected chi connectivity index (χ3v) is 2.87. The zero-order valence-corrected chi connectivity index (χ0v) is 10.7. The van der Waals surface area contributed by atoms with Crippen LogP contribution in [-0.2, 0) is 4.79 Å². The number of fused-ring (bicyclic) bond motifs is 1. The van der Waals surface area contributed by atoms with Gasteiger partial charge in [0, 0.05) is 12.6 Å². The lowest BCUT2D eigenvalue weighted by Gasteiger charge is -2.29. The topological polar surface area (TPSA) is 53.0 Å². The van der Waals surface area contributed by atoms with Gasteiger partial charge >= 0.3 is 0 Å². The normalized spacial score (nSPS) is 14.6. The molecule has 1 aliphatic rings. The number of anilines is 1. The molecule has 0 saturated carbocycles. The summed E-state index contributed by atoms with van der Waals surface area (Å²) in [5.74, 6) is 0.730. The Morgan fingerprint density at radius 2 is 2.22 bits per heavy atom. The number of nitrogens with zero attached hydrogens (tertiary/aromatic N) is 2. The Labute approximate surface area is 107 Å². The summed E-state index contributed by atoms with van der Waals surface area (Å²) in [6.07, 6.45) is 0.883. The fourth-order valence-electron chi connectivity index (χ4n) is 1.98. The molecule has 1 aromatic carbocycles. The Balaban J connectivity index is 2.14. The van der Waals surface area contributed by atoms with Crippen molar-refractivity contribution in [3.8, 4) is 11.5 Å². The Kier molecular flexibility index (Phi) is 3.72. The molecule has 0 radical (unpaired) electrons. The van der Waals surface area contributed by atoms with Gasteiger partial charge in [-0.25, -0.2) is 0 Å². The Bertz CT molecular complexity index is 446. The number of aromatic hydroxyl groups is 1. The van der Waals surface area contributed by atoms with Crippen LogP contribution in [0.2, 0.25) is 0 Å². The van der Waals surface area contributed by atoms with E-state index in [0.29, 0.717) is 18.0 Å². The summed E-state index contributed by atoms with van der Waals surface area (Å²) in [7, 11) is 4.00. The molecule has 0 bridgehead atoms. The van der Waals surface area contributed by atoms with Crippen LogP contribution in [-0.4, -0.2) is 49.7 Å². The maximum Gasteiger partial charge on any atom is 0.265 e. The molecule has 0 fully saturated rings. The summed E-state index contributed by atoms with van der Waals surface area (Å²) in [6, 6.07) is 4.82. The number of carbonyl (C=O) groups excluding carboxylic acids is 1. The fourth-order valence-corrected chi connectivity index (χ4v) is 1.98. The van der Waals surface area contributed by atoms with Gasteiger partial charge in [0.15, 0.2) is 6.61 Å². The summed E-state index contributed by atoms with van der Waals surface area (Å²) < 4.78 is 5.34. The molecule has 18 heavy (non-hydrogen) atoms. The van der Waals surface area contributed by atoms with Gasteiger partial charge in [-0.3, -0.25) is 4.79 Å². The van der Waals surface area contributed by atoms with Gasteiger partial charge in [-0.2, -0.15) is 0 Å². The van der Waals surface area contributed by atoms with E-state index in [1.807, 2.05) is 14.1 Å². The molecule has 0 aliphatic carbocycles. The number of phenols is 1. The van der Waals surface area contributed by atoms with Crippen molar-refractivity contribution < 1.29 is 14.6 Å². The molecule has 5 heteroatoms. The minimum Gasteiger partial charge on any atom is -0.508 e. The maximum absolute atomic E-state index is 11.8. The van der Waals surface area contributed by atoms with Crippen LogP contribution >= 0.6 is 0 Å². The van der Waals surface area contributed by atoms with Crippen molar-refractivity contribution in [3.63, 3.8) is 0 Å². The first kappa shape index (κ1) is 12.7. The monoisotopic (exact) mass is 250 g/mol. The van der Waals surface area contributed by atoms with Crippen molar-refractivity contribution in [2.24, 2.45) is 0 Å². The van der Waals surface area contributed by atoms with E-state index in [9.17, 15) is 9.90 Å². The molecule has 0 aromatic heterocycles. The Morgan fingerprint density at radius 1 is 1.44 bits per heavy atom. The largest absolute Gasteiger partial charge is 0.508 e. The summed E-state index contributed by atoms with van der Waals surface area (Å²) in [5.41, 5.74) is 0.657. The number of amides is 1. The molecule has 1 amide bonds. The lowest BCUT2D eigenvalue weighted by atomic mass is 10.2. The van der Waals surface area contributed by atoms with Gasteiger partial charge in [0.2, 0.25) is 0 Å². The van der Waals surface area contributed by atoms with E-state index in [1.165, 1.54) is 0 Å². The average Bonchev–Trinajstić information content (AvgIpc) is 2.31. The number of benzene rings is 1. The van der Waals surface area contributed by atoms with Gasteiger partial charge in [0.05, 0.1) is 5.69 Å². The van der Waals surface area contributed by atoms with Crippen LogP contribution in [0.1, 0.15) is 6.42 Å². The molecule has 2 rings (SSSR count). The third-order valence-electron chi connectivity index (χ3n) is 2.87. The van der Waals surface area contributed by atoms with Crippen LogP contribution < -0.4 is 9.64 Å². The highest BCUT2D eigenvalue weighted by Crippen LogP contribution is 2.34. The molecular formula is C13H18N2O3. The van der Waals surface area contributed by atoms with Gasteiger partial charge in [-0.1, -0.05) is 0 Å². The quantitative estimate of drug-likeness (QED) is 0.868. The first-order valence-electron chi connectivity index (χ1n) is 5.99. The third kappa shape index (κ3) is 2.73. The molecule has 98 valence electrons. The standard InChI is InChI=1S/C13H18N2O3/c1-14(2)6-3-7-15-11-8-10(16)4-5-12(11)18-9-13(15)17/h4-5,8,16H,3,6-7,9H2,1-2H3. The molecular weight excluding hydrogens is 232 g/mol. The lowest BCUT2D eigenvalue weighted by Crippen LogP contribution is -2.40. The van der Waals surface area contributed by atoms with Crippen LogP contribution in [0.4, 0.5) is 5.69 Å². The van der Waals surface area contributed by atoms with Gasteiger partial charge in [-0.05, 0) is 39.2 Å². The van der Waals surface area contributed by atoms with E-state index >= 15 is 0 Å². The highest BCUT2D eigenvalue weighted by molar-refractivity contribution is 5.98. The van der Waals surface area contributed by atoms with Crippen molar-refractivity contribution in [1.29, 1.82) is 0 Å². The number of carbonyl (C=O) groups is 1. The minimum absolute atomic E-state index is 0.0631. The van der Waals surface area contributed by atoms with Gasteiger partial charge in [-0.15, -0.1) is 0 Å². The number of phenolic OH excluding ortho intramolecular Hbond substituents is 1. The van der Waals surface area contributed by atoms with E-state index in [-0.39, 0.29) is 18.3 Å². The van der Waals surface area contributed by atoms with Crippen molar-refractivity contribution in [3.05, 3.63) is 18.2 Å². The second-order valence-corrected chi connectivity index (χ2v) is 4.64. The van der Waals surface area contributed by atoms with Gasteiger partial charge in [0.25, 0.3) is 5.91 Å². The second-order valence-electron chi connectivity index (χ2n) is 4.64. The zero-order valence-electron chi connectivity index (χ0n) is 10.7. The number of hydrogen-bond donors (Lipinski definition) is 1. The van der Waals surface area contributed by atoms with Crippen molar-refractivity contribution in [2.45, 2.75) is 6.42 Å². The molecule has 1 aliphatic heterocycles. The Hall–Kier alpha value is -1.75. The van der Waals surface area contributed by atoms with E-state index in [2.05, 4.69) is 4.90 Å².